The molecule has 0 amide bonds. The number of thioether (sulfide) groups is 1. The van der Waals surface area contributed by atoms with Crippen LogP contribution in [0, 0.1) is 12.7 Å². The van der Waals surface area contributed by atoms with Gasteiger partial charge in [-0.25, -0.2) is 14.2 Å². The van der Waals surface area contributed by atoms with Crippen LogP contribution in [0.3, 0.4) is 0 Å². The fraction of sp³-hybridized carbons (Fsp3) is 0.458. The van der Waals surface area contributed by atoms with Crippen molar-refractivity contribution in [1.82, 2.24) is 9.55 Å². The molecule has 1 atom stereocenters. The monoisotopic (exact) mass is 520 g/mol. The van der Waals surface area contributed by atoms with E-state index in [1.54, 1.807) is 18.4 Å². The Morgan fingerprint density at radius 1 is 1.40 bits per heavy atom. The maximum Gasteiger partial charge on any atom is 0.348 e. The summed E-state index contributed by atoms with van der Waals surface area (Å²) in [5.74, 6) is 0.119. The maximum atomic E-state index is 14.2. The third kappa shape index (κ3) is 4.82. The van der Waals surface area contributed by atoms with Crippen molar-refractivity contribution in [3.63, 3.8) is 0 Å². The standard InChI is InChI=1S/C24H25FN2O6S2/c1-3-31-23(29)20-13(2)18-21(35-20)26-24(27(22(18)28)9-17-5-4-6-32-17)34-11-15-8-16(25)7-14-10-30-12-33-19(14)15/h7-8,17H,3-6,9-12H2,1-2H3. The summed E-state index contributed by atoms with van der Waals surface area (Å²) in [6.07, 6.45) is 1.71. The van der Waals surface area contributed by atoms with Crippen LogP contribution in [0.4, 0.5) is 4.39 Å². The first-order chi connectivity index (χ1) is 17.0. The van der Waals surface area contributed by atoms with Gasteiger partial charge in [0.15, 0.2) is 11.9 Å². The highest BCUT2D eigenvalue weighted by atomic mass is 32.2. The van der Waals surface area contributed by atoms with Gasteiger partial charge in [0, 0.05) is 23.5 Å². The van der Waals surface area contributed by atoms with Gasteiger partial charge in [-0.3, -0.25) is 9.36 Å². The minimum Gasteiger partial charge on any atom is -0.467 e. The van der Waals surface area contributed by atoms with Gasteiger partial charge in [-0.2, -0.15) is 0 Å². The normalized spacial score (nSPS) is 17.4. The van der Waals surface area contributed by atoms with Crippen molar-refractivity contribution in [3.8, 4) is 5.75 Å². The number of hydrogen-bond donors (Lipinski definition) is 0. The molecule has 1 aromatic carbocycles. The van der Waals surface area contributed by atoms with Crippen molar-refractivity contribution < 1.29 is 28.1 Å². The molecule has 11 heteroatoms. The molecule has 0 saturated carbocycles. The molecule has 0 N–H and O–H groups in total. The smallest absolute Gasteiger partial charge is 0.348 e. The van der Waals surface area contributed by atoms with E-state index in [-0.39, 0.29) is 37.5 Å². The molecule has 3 aromatic rings. The number of thiophene rings is 1. The Hall–Kier alpha value is -2.47. The molecule has 4 heterocycles. The maximum absolute atomic E-state index is 14.2. The number of halogens is 1. The summed E-state index contributed by atoms with van der Waals surface area (Å²) in [6.45, 7) is 5.14. The lowest BCUT2D eigenvalue weighted by atomic mass is 10.1. The Kier molecular flexibility index (Phi) is 7.10. The average Bonchev–Trinajstić information content (AvgIpc) is 3.47. The number of carbonyl (C=O) groups is 1. The number of nitrogens with zero attached hydrogens (tertiary/aromatic N) is 2. The minimum atomic E-state index is -0.460. The van der Waals surface area contributed by atoms with E-state index < -0.39 is 5.97 Å². The van der Waals surface area contributed by atoms with Gasteiger partial charge >= 0.3 is 5.97 Å². The van der Waals surface area contributed by atoms with Gasteiger partial charge in [-0.05, 0) is 44.4 Å². The number of aromatic nitrogens is 2. The molecular weight excluding hydrogens is 495 g/mol. The lowest BCUT2D eigenvalue weighted by molar-refractivity contribution is -0.0171. The van der Waals surface area contributed by atoms with Crippen molar-refractivity contribution in [2.45, 2.75) is 56.9 Å². The summed E-state index contributed by atoms with van der Waals surface area (Å²) < 4.78 is 37.7. The summed E-state index contributed by atoms with van der Waals surface area (Å²) in [7, 11) is 0. The summed E-state index contributed by atoms with van der Waals surface area (Å²) in [5, 5.41) is 0.906. The lowest BCUT2D eigenvalue weighted by Crippen LogP contribution is -2.28. The highest BCUT2D eigenvalue weighted by Crippen LogP contribution is 2.35. The second-order valence-corrected chi connectivity index (χ2v) is 10.3. The van der Waals surface area contributed by atoms with Crippen molar-refractivity contribution in [2.75, 3.05) is 20.0 Å². The Morgan fingerprint density at radius 2 is 2.26 bits per heavy atom. The molecule has 2 aromatic heterocycles. The molecule has 0 radical (unpaired) electrons. The molecule has 1 unspecified atom stereocenters. The van der Waals surface area contributed by atoms with Crippen LogP contribution in [0.25, 0.3) is 10.2 Å². The number of esters is 1. The van der Waals surface area contributed by atoms with Crippen molar-refractivity contribution in [1.29, 1.82) is 0 Å². The third-order valence-electron chi connectivity index (χ3n) is 5.99. The first-order valence-corrected chi connectivity index (χ1v) is 13.2. The van der Waals surface area contributed by atoms with Gasteiger partial charge in [-0.15, -0.1) is 11.3 Å². The number of carbonyl (C=O) groups excluding carboxylic acids is 1. The van der Waals surface area contributed by atoms with E-state index in [0.29, 0.717) is 61.6 Å². The summed E-state index contributed by atoms with van der Waals surface area (Å²) in [5.41, 5.74) is 1.68. The second-order valence-electron chi connectivity index (χ2n) is 8.35. The van der Waals surface area contributed by atoms with Gasteiger partial charge in [0.05, 0.1) is 31.2 Å². The molecule has 5 rings (SSSR count). The van der Waals surface area contributed by atoms with Crippen molar-refractivity contribution in [2.24, 2.45) is 0 Å². The van der Waals surface area contributed by atoms with E-state index in [1.807, 2.05) is 0 Å². The van der Waals surface area contributed by atoms with Crippen LogP contribution < -0.4 is 10.3 Å². The molecule has 0 bridgehead atoms. The van der Waals surface area contributed by atoms with E-state index in [9.17, 15) is 14.0 Å². The first kappa shape index (κ1) is 24.2. The predicted molar refractivity (Wildman–Crippen MR) is 130 cm³/mol. The average molecular weight is 521 g/mol. The van der Waals surface area contributed by atoms with Gasteiger partial charge in [0.1, 0.15) is 21.3 Å². The number of ether oxygens (including phenoxy) is 4. The van der Waals surface area contributed by atoms with Gasteiger partial charge in [0.25, 0.3) is 5.56 Å². The summed E-state index contributed by atoms with van der Waals surface area (Å²) in [6, 6.07) is 2.85. The highest BCUT2D eigenvalue weighted by molar-refractivity contribution is 7.98. The zero-order chi connectivity index (χ0) is 24.5. The molecule has 1 fully saturated rings. The van der Waals surface area contributed by atoms with Crippen LogP contribution >= 0.6 is 23.1 Å². The molecule has 186 valence electrons. The van der Waals surface area contributed by atoms with Crippen LogP contribution in [0.15, 0.2) is 22.1 Å². The fourth-order valence-electron chi connectivity index (χ4n) is 4.36. The van der Waals surface area contributed by atoms with Crippen molar-refractivity contribution >= 4 is 39.3 Å². The molecule has 2 aliphatic heterocycles. The molecule has 0 aliphatic carbocycles. The van der Waals surface area contributed by atoms with Crippen LogP contribution in [0.1, 0.15) is 46.1 Å². The molecule has 35 heavy (non-hydrogen) atoms. The fourth-order valence-corrected chi connectivity index (χ4v) is 6.45. The number of fused-ring (bicyclic) bond motifs is 2. The Balaban J connectivity index is 1.55. The number of rotatable bonds is 7. The Labute approximate surface area is 209 Å². The van der Waals surface area contributed by atoms with E-state index in [0.717, 1.165) is 24.2 Å². The molecule has 8 nitrogen and oxygen atoms in total. The molecular formula is C24H25FN2O6S2. The minimum absolute atomic E-state index is 0.0859. The molecule has 0 spiro atoms. The van der Waals surface area contributed by atoms with Crippen LogP contribution in [0.2, 0.25) is 0 Å². The van der Waals surface area contributed by atoms with Crippen LogP contribution in [-0.2, 0) is 33.1 Å². The van der Waals surface area contributed by atoms with E-state index in [4.69, 9.17) is 23.9 Å². The van der Waals surface area contributed by atoms with Crippen LogP contribution in [0.5, 0.6) is 5.75 Å². The lowest BCUT2D eigenvalue weighted by Gasteiger charge is -2.21. The topological polar surface area (TPSA) is 88.9 Å². The zero-order valence-electron chi connectivity index (χ0n) is 19.4. The van der Waals surface area contributed by atoms with Crippen LogP contribution in [-0.4, -0.2) is 41.6 Å². The summed E-state index contributed by atoms with van der Waals surface area (Å²) in [4.78, 5) is 31.7. The van der Waals surface area contributed by atoms with E-state index in [2.05, 4.69) is 0 Å². The van der Waals surface area contributed by atoms with Gasteiger partial charge in [0.2, 0.25) is 0 Å². The molecule has 2 aliphatic rings. The first-order valence-electron chi connectivity index (χ1n) is 11.4. The van der Waals surface area contributed by atoms with E-state index >= 15 is 0 Å². The molecule has 1 saturated heterocycles. The van der Waals surface area contributed by atoms with Gasteiger partial charge in [-0.1, -0.05) is 11.8 Å². The summed E-state index contributed by atoms with van der Waals surface area (Å²) >= 11 is 2.48. The SMILES string of the molecule is CCOC(=O)c1sc2nc(SCc3cc(F)cc4c3OCOC4)n(CC3CCCO3)c(=O)c2c1C. The zero-order valence-corrected chi connectivity index (χ0v) is 21.1. The van der Waals surface area contributed by atoms with Crippen molar-refractivity contribution in [3.05, 3.63) is 49.9 Å². The number of hydrogen-bond acceptors (Lipinski definition) is 9. The number of benzene rings is 1. The highest BCUT2D eigenvalue weighted by Gasteiger charge is 2.25. The quantitative estimate of drug-likeness (QED) is 0.257. The second kappa shape index (κ2) is 10.3. The van der Waals surface area contributed by atoms with Gasteiger partial charge < -0.3 is 18.9 Å². The third-order valence-corrected chi connectivity index (χ3v) is 8.19. The Morgan fingerprint density at radius 3 is 3.03 bits per heavy atom. The van der Waals surface area contributed by atoms with E-state index in [1.165, 1.54) is 23.9 Å². The predicted octanol–water partition coefficient (Wildman–Crippen LogP) is 4.42. The Bertz CT molecular complexity index is 1330. The largest absolute Gasteiger partial charge is 0.467 e. The number of aryl methyl sites for hydroxylation is 1.